The number of nitrogens with one attached hydrogen (secondary N) is 1. The lowest BCUT2D eigenvalue weighted by molar-refractivity contribution is -0.384. The third kappa shape index (κ3) is 7.90. The first-order chi connectivity index (χ1) is 15.7. The van der Waals surface area contributed by atoms with E-state index in [4.69, 9.17) is 9.47 Å². The number of alkyl halides is 2. The fourth-order valence-corrected chi connectivity index (χ4v) is 3.21. The molecule has 2 aromatic rings. The first-order valence-electron chi connectivity index (χ1n) is 9.57. The van der Waals surface area contributed by atoms with E-state index in [2.05, 4.69) is 10.1 Å². The molecule has 2 aromatic carbocycles. The molecule has 0 heterocycles. The molecular formula is C21H22F2N2O7S. The van der Waals surface area contributed by atoms with Crippen LogP contribution < -0.4 is 14.8 Å². The van der Waals surface area contributed by atoms with Crippen LogP contribution >= 0.6 is 11.8 Å². The summed E-state index contributed by atoms with van der Waals surface area (Å²) in [5, 5.41) is 13.5. The molecule has 0 aliphatic rings. The minimum absolute atomic E-state index is 0.0329. The molecular weight excluding hydrogens is 462 g/mol. The summed E-state index contributed by atoms with van der Waals surface area (Å²) in [6, 6.07) is 8.24. The highest BCUT2D eigenvalue weighted by Gasteiger charge is 2.24. The molecule has 178 valence electrons. The number of hydrogen-bond acceptors (Lipinski definition) is 8. The molecule has 0 bridgehead atoms. The third-order valence-electron chi connectivity index (χ3n) is 4.34. The van der Waals surface area contributed by atoms with Crippen LogP contribution in [0.25, 0.3) is 0 Å². The number of halogens is 2. The molecule has 0 saturated heterocycles. The first kappa shape index (κ1) is 25.8. The summed E-state index contributed by atoms with van der Waals surface area (Å²) < 4.78 is 39.6. The maximum atomic E-state index is 12.6. The Balaban J connectivity index is 2.07. The standard InChI is InChI=1S/C21H22F2N2O7S/c1-30-18-10-13(6-7-17(18)32-21(22)23)12-31-20(27)16(8-9-33-2)24-19(26)14-4-3-5-15(11-14)25(28)29/h3-7,10-11,16,21H,8-9,12H2,1-2H3,(H,24,26)/t16-/m1/s1. The lowest BCUT2D eigenvalue weighted by Gasteiger charge is -2.18. The highest BCUT2D eigenvalue weighted by Crippen LogP contribution is 2.29. The SMILES string of the molecule is COc1cc(COC(=O)[C@@H](CCSC)NC(=O)c2cccc([N+](=O)[O-])c2)ccc1OC(F)F. The van der Waals surface area contributed by atoms with Gasteiger partial charge < -0.3 is 19.5 Å². The molecule has 0 radical (unpaired) electrons. The highest BCUT2D eigenvalue weighted by molar-refractivity contribution is 7.98. The number of amides is 1. The fourth-order valence-electron chi connectivity index (χ4n) is 2.74. The Bertz CT molecular complexity index is 991. The predicted octanol–water partition coefficient (Wildman–Crippen LogP) is 3.80. The number of ether oxygens (including phenoxy) is 3. The largest absolute Gasteiger partial charge is 0.493 e. The van der Waals surface area contributed by atoms with Gasteiger partial charge in [-0.25, -0.2) is 4.79 Å². The number of benzene rings is 2. The second kappa shape index (κ2) is 12.6. The van der Waals surface area contributed by atoms with Gasteiger partial charge in [0.25, 0.3) is 11.6 Å². The number of rotatable bonds is 12. The molecule has 12 heteroatoms. The zero-order valence-corrected chi connectivity index (χ0v) is 18.6. The highest BCUT2D eigenvalue weighted by atomic mass is 32.2. The van der Waals surface area contributed by atoms with Gasteiger partial charge in [-0.15, -0.1) is 0 Å². The average molecular weight is 484 g/mol. The van der Waals surface area contributed by atoms with E-state index in [0.29, 0.717) is 11.3 Å². The molecule has 2 rings (SSSR count). The zero-order valence-electron chi connectivity index (χ0n) is 17.8. The van der Waals surface area contributed by atoms with Crippen LogP contribution in [-0.2, 0) is 16.1 Å². The van der Waals surface area contributed by atoms with Crippen molar-refractivity contribution < 1.29 is 37.5 Å². The lowest BCUT2D eigenvalue weighted by atomic mass is 10.1. The molecule has 0 spiro atoms. The maximum absolute atomic E-state index is 12.6. The molecule has 0 fully saturated rings. The number of nitro groups is 1. The van der Waals surface area contributed by atoms with Crippen molar-refractivity contribution in [1.29, 1.82) is 0 Å². The second-order valence-electron chi connectivity index (χ2n) is 6.59. The molecule has 0 aromatic heterocycles. The van der Waals surface area contributed by atoms with Crippen molar-refractivity contribution in [1.82, 2.24) is 5.32 Å². The molecule has 1 atom stereocenters. The molecule has 1 N–H and O–H groups in total. The van der Waals surface area contributed by atoms with Crippen molar-refractivity contribution >= 4 is 29.3 Å². The zero-order chi connectivity index (χ0) is 24.4. The van der Waals surface area contributed by atoms with Gasteiger partial charge in [0.15, 0.2) is 11.5 Å². The normalized spacial score (nSPS) is 11.5. The van der Waals surface area contributed by atoms with Gasteiger partial charge in [0.05, 0.1) is 12.0 Å². The van der Waals surface area contributed by atoms with Crippen molar-refractivity contribution in [3.8, 4) is 11.5 Å². The van der Waals surface area contributed by atoms with E-state index in [1.807, 2.05) is 6.26 Å². The Morgan fingerprint density at radius 2 is 1.94 bits per heavy atom. The summed E-state index contributed by atoms with van der Waals surface area (Å²) in [7, 11) is 1.28. The van der Waals surface area contributed by atoms with Gasteiger partial charge in [-0.2, -0.15) is 20.5 Å². The number of nitro benzene ring substituents is 1. The van der Waals surface area contributed by atoms with Gasteiger partial charge in [0, 0.05) is 17.7 Å². The van der Waals surface area contributed by atoms with Gasteiger partial charge in [-0.1, -0.05) is 12.1 Å². The van der Waals surface area contributed by atoms with Crippen molar-refractivity contribution in [2.24, 2.45) is 0 Å². The number of esters is 1. The number of methoxy groups -OCH3 is 1. The van der Waals surface area contributed by atoms with E-state index >= 15 is 0 Å². The topological polar surface area (TPSA) is 117 Å². The van der Waals surface area contributed by atoms with Gasteiger partial charge in [0.1, 0.15) is 12.6 Å². The summed E-state index contributed by atoms with van der Waals surface area (Å²) in [6.45, 7) is -3.22. The van der Waals surface area contributed by atoms with Gasteiger partial charge in [-0.3, -0.25) is 14.9 Å². The number of carbonyl (C=O) groups excluding carboxylic acids is 2. The third-order valence-corrected chi connectivity index (χ3v) is 4.99. The number of non-ortho nitro benzene ring substituents is 1. The van der Waals surface area contributed by atoms with Crippen LogP contribution in [0.15, 0.2) is 42.5 Å². The second-order valence-corrected chi connectivity index (χ2v) is 7.57. The summed E-state index contributed by atoms with van der Waals surface area (Å²) >= 11 is 1.46. The molecule has 33 heavy (non-hydrogen) atoms. The smallest absolute Gasteiger partial charge is 0.387 e. The Kier molecular flexibility index (Phi) is 9.85. The number of hydrogen-bond donors (Lipinski definition) is 1. The van der Waals surface area contributed by atoms with E-state index in [1.165, 1.54) is 55.3 Å². The molecule has 1 amide bonds. The van der Waals surface area contributed by atoms with Crippen molar-refractivity contribution in [2.45, 2.75) is 25.7 Å². The molecule has 0 unspecified atom stereocenters. The fraction of sp³-hybridized carbons (Fsp3) is 0.333. The molecule has 0 aliphatic carbocycles. The Hall–Kier alpha value is -3.41. The van der Waals surface area contributed by atoms with E-state index in [9.17, 15) is 28.5 Å². The lowest BCUT2D eigenvalue weighted by Crippen LogP contribution is -2.42. The van der Waals surface area contributed by atoms with Gasteiger partial charge >= 0.3 is 12.6 Å². The average Bonchev–Trinajstić information content (AvgIpc) is 2.80. The minimum atomic E-state index is -3.02. The van der Waals surface area contributed by atoms with Crippen LogP contribution in [0.1, 0.15) is 22.3 Å². The van der Waals surface area contributed by atoms with Crippen LogP contribution in [0.3, 0.4) is 0 Å². The predicted molar refractivity (Wildman–Crippen MR) is 117 cm³/mol. The van der Waals surface area contributed by atoms with Crippen LogP contribution in [0.2, 0.25) is 0 Å². The van der Waals surface area contributed by atoms with Crippen molar-refractivity contribution in [3.05, 3.63) is 63.7 Å². The Labute approximate surface area is 192 Å². The summed E-state index contributed by atoms with van der Waals surface area (Å²) in [5.41, 5.74) is 0.236. The summed E-state index contributed by atoms with van der Waals surface area (Å²) in [6.07, 6.45) is 2.10. The van der Waals surface area contributed by atoms with E-state index < -0.39 is 29.5 Å². The number of carbonyl (C=O) groups is 2. The Morgan fingerprint density at radius 1 is 1.18 bits per heavy atom. The quantitative estimate of drug-likeness (QED) is 0.275. The van der Waals surface area contributed by atoms with Crippen molar-refractivity contribution in [2.75, 3.05) is 19.1 Å². The van der Waals surface area contributed by atoms with Crippen LogP contribution in [-0.4, -0.2) is 48.6 Å². The van der Waals surface area contributed by atoms with Crippen LogP contribution in [0.5, 0.6) is 11.5 Å². The van der Waals surface area contributed by atoms with Gasteiger partial charge in [0.2, 0.25) is 0 Å². The van der Waals surface area contributed by atoms with E-state index in [-0.39, 0.29) is 35.8 Å². The molecule has 9 nitrogen and oxygen atoms in total. The Morgan fingerprint density at radius 3 is 2.58 bits per heavy atom. The van der Waals surface area contributed by atoms with Gasteiger partial charge in [-0.05, 0) is 42.2 Å². The number of nitrogens with zero attached hydrogens (tertiary/aromatic N) is 1. The van der Waals surface area contributed by atoms with Crippen molar-refractivity contribution in [3.63, 3.8) is 0 Å². The molecule has 0 aliphatic heterocycles. The van der Waals surface area contributed by atoms with E-state index in [0.717, 1.165) is 6.07 Å². The minimum Gasteiger partial charge on any atom is -0.493 e. The number of thioether (sulfide) groups is 1. The first-order valence-corrected chi connectivity index (χ1v) is 11.0. The maximum Gasteiger partial charge on any atom is 0.387 e. The van der Waals surface area contributed by atoms with Crippen LogP contribution in [0.4, 0.5) is 14.5 Å². The molecule has 0 saturated carbocycles. The van der Waals surface area contributed by atoms with E-state index in [1.54, 1.807) is 0 Å². The summed E-state index contributed by atoms with van der Waals surface area (Å²) in [5.74, 6) is -0.944. The van der Waals surface area contributed by atoms with Crippen LogP contribution in [0, 0.1) is 10.1 Å². The summed E-state index contributed by atoms with van der Waals surface area (Å²) in [4.78, 5) is 35.5. The monoisotopic (exact) mass is 484 g/mol.